The number of carboxylic acids is 1. The third-order valence-electron chi connectivity index (χ3n) is 3.04. The molecule has 0 aromatic heterocycles. The van der Waals surface area contributed by atoms with Gasteiger partial charge in [0.1, 0.15) is 0 Å². The van der Waals surface area contributed by atoms with Crippen molar-refractivity contribution in [1.29, 1.82) is 0 Å². The maximum Gasteiger partial charge on any atom is 0.255 e. The number of aromatic carboxylic acids is 1. The highest BCUT2D eigenvalue weighted by Crippen LogP contribution is 2.28. The van der Waals surface area contributed by atoms with Gasteiger partial charge < -0.3 is 24.7 Å². The molecule has 22 heavy (non-hydrogen) atoms. The van der Waals surface area contributed by atoms with Crippen molar-refractivity contribution in [3.63, 3.8) is 0 Å². The van der Waals surface area contributed by atoms with Gasteiger partial charge in [0, 0.05) is 11.1 Å². The molecule has 0 fully saturated rings. The van der Waals surface area contributed by atoms with Crippen molar-refractivity contribution in [2.45, 2.75) is 0 Å². The van der Waals surface area contributed by atoms with E-state index in [1.165, 1.54) is 32.4 Å². The summed E-state index contributed by atoms with van der Waals surface area (Å²) in [6.07, 6.45) is 0. The van der Waals surface area contributed by atoms with Crippen molar-refractivity contribution < 1.29 is 24.2 Å². The maximum absolute atomic E-state index is 12.2. The molecule has 1 amide bonds. The van der Waals surface area contributed by atoms with Crippen LogP contribution in [-0.4, -0.2) is 26.1 Å². The number of hydrogen-bond donors (Lipinski definition) is 1. The summed E-state index contributed by atoms with van der Waals surface area (Å²) in [7, 11) is 2.96. The van der Waals surface area contributed by atoms with Gasteiger partial charge in [-0.15, -0.1) is 0 Å². The average Bonchev–Trinajstić information content (AvgIpc) is 2.54. The number of benzene rings is 2. The van der Waals surface area contributed by atoms with Gasteiger partial charge >= 0.3 is 0 Å². The van der Waals surface area contributed by atoms with Gasteiger partial charge in [-0.3, -0.25) is 4.79 Å². The molecule has 0 aliphatic carbocycles. The van der Waals surface area contributed by atoms with E-state index in [-0.39, 0.29) is 11.3 Å². The SMILES string of the molecule is COc1ccc(C(=O)Nc2ccccc2C(=O)[O-])cc1OC. The Kier molecular flexibility index (Phi) is 4.63. The zero-order valence-electron chi connectivity index (χ0n) is 12.1. The summed E-state index contributed by atoms with van der Waals surface area (Å²) < 4.78 is 10.2. The van der Waals surface area contributed by atoms with Gasteiger partial charge in [0.05, 0.1) is 25.9 Å². The van der Waals surface area contributed by atoms with E-state index < -0.39 is 11.9 Å². The lowest BCUT2D eigenvalue weighted by molar-refractivity contribution is -0.254. The second-order valence-electron chi connectivity index (χ2n) is 4.36. The highest BCUT2D eigenvalue weighted by Gasteiger charge is 2.12. The first kappa shape index (κ1) is 15.4. The maximum atomic E-state index is 12.2. The van der Waals surface area contributed by atoms with E-state index in [4.69, 9.17) is 9.47 Å². The number of nitrogens with one attached hydrogen (secondary N) is 1. The van der Waals surface area contributed by atoms with E-state index in [2.05, 4.69) is 5.32 Å². The topological polar surface area (TPSA) is 87.7 Å². The lowest BCUT2D eigenvalue weighted by Crippen LogP contribution is -2.24. The van der Waals surface area contributed by atoms with Crippen molar-refractivity contribution in [2.75, 3.05) is 19.5 Å². The van der Waals surface area contributed by atoms with Gasteiger partial charge in [-0.2, -0.15) is 0 Å². The molecule has 0 saturated carbocycles. The van der Waals surface area contributed by atoms with Crippen molar-refractivity contribution in [1.82, 2.24) is 0 Å². The van der Waals surface area contributed by atoms with Gasteiger partial charge in [0.25, 0.3) is 5.91 Å². The molecule has 0 aliphatic rings. The van der Waals surface area contributed by atoms with Crippen LogP contribution in [0.3, 0.4) is 0 Å². The standard InChI is InChI=1S/C16H15NO5/c1-21-13-8-7-10(9-14(13)22-2)15(18)17-12-6-4-3-5-11(12)16(19)20/h3-9H,1-2H3,(H,17,18)(H,19,20)/p-1. The Morgan fingerprint density at radius 1 is 1.00 bits per heavy atom. The van der Waals surface area contributed by atoms with Crippen LogP contribution in [0.4, 0.5) is 5.69 Å². The van der Waals surface area contributed by atoms with Gasteiger partial charge in [0.2, 0.25) is 0 Å². The zero-order chi connectivity index (χ0) is 16.1. The van der Waals surface area contributed by atoms with Crippen molar-refractivity contribution in [3.8, 4) is 11.5 Å². The molecule has 0 bridgehead atoms. The Morgan fingerprint density at radius 3 is 2.32 bits per heavy atom. The van der Waals surface area contributed by atoms with E-state index in [1.807, 2.05) is 0 Å². The summed E-state index contributed by atoms with van der Waals surface area (Å²) in [6, 6.07) is 10.7. The summed E-state index contributed by atoms with van der Waals surface area (Å²) in [6.45, 7) is 0. The van der Waals surface area contributed by atoms with Crippen molar-refractivity contribution in [2.24, 2.45) is 0 Å². The molecular formula is C16H14NO5-. The largest absolute Gasteiger partial charge is 0.545 e. The molecule has 0 radical (unpaired) electrons. The minimum absolute atomic E-state index is 0.0867. The minimum atomic E-state index is -1.36. The summed E-state index contributed by atoms with van der Waals surface area (Å²) in [5.74, 6) is -0.921. The predicted octanol–water partition coefficient (Wildman–Crippen LogP) is 1.32. The molecule has 0 aliphatic heterocycles. The van der Waals surface area contributed by atoms with E-state index >= 15 is 0 Å². The molecule has 0 spiro atoms. The minimum Gasteiger partial charge on any atom is -0.545 e. The quantitative estimate of drug-likeness (QED) is 0.899. The van der Waals surface area contributed by atoms with Crippen LogP contribution in [0.15, 0.2) is 42.5 Å². The number of hydrogen-bond acceptors (Lipinski definition) is 5. The number of carbonyl (C=O) groups excluding carboxylic acids is 2. The summed E-state index contributed by atoms with van der Waals surface area (Å²) >= 11 is 0. The average molecular weight is 300 g/mol. The Bertz CT molecular complexity index is 711. The van der Waals surface area contributed by atoms with Crippen LogP contribution in [-0.2, 0) is 0 Å². The number of rotatable bonds is 5. The highest BCUT2D eigenvalue weighted by molar-refractivity contribution is 6.07. The second kappa shape index (κ2) is 6.62. The molecule has 6 nitrogen and oxygen atoms in total. The molecule has 0 heterocycles. The summed E-state index contributed by atoms with van der Waals surface area (Å²) in [4.78, 5) is 23.3. The normalized spacial score (nSPS) is 9.91. The summed E-state index contributed by atoms with van der Waals surface area (Å²) in [5, 5.41) is 13.6. The molecule has 2 rings (SSSR count). The van der Waals surface area contributed by atoms with Crippen LogP contribution in [0.25, 0.3) is 0 Å². The van der Waals surface area contributed by atoms with Crippen LogP contribution in [0.2, 0.25) is 0 Å². The number of para-hydroxylation sites is 1. The molecule has 6 heteroatoms. The van der Waals surface area contributed by atoms with E-state index in [0.29, 0.717) is 17.1 Å². The monoisotopic (exact) mass is 300 g/mol. The molecule has 0 atom stereocenters. The number of carboxylic acid groups (broad SMARTS) is 1. The molecule has 2 aromatic carbocycles. The first-order valence-corrected chi connectivity index (χ1v) is 6.40. The van der Waals surface area contributed by atoms with Gasteiger partial charge in [-0.05, 0) is 24.3 Å². The third-order valence-corrected chi connectivity index (χ3v) is 3.04. The Balaban J connectivity index is 2.28. The Labute approximate surface area is 127 Å². The second-order valence-corrected chi connectivity index (χ2v) is 4.36. The number of amides is 1. The van der Waals surface area contributed by atoms with Crippen LogP contribution in [0, 0.1) is 0 Å². The number of ether oxygens (including phenoxy) is 2. The first-order valence-electron chi connectivity index (χ1n) is 6.40. The Hall–Kier alpha value is -3.02. The predicted molar refractivity (Wildman–Crippen MR) is 78.3 cm³/mol. The number of methoxy groups -OCH3 is 2. The van der Waals surface area contributed by atoms with E-state index in [1.54, 1.807) is 24.3 Å². The van der Waals surface area contributed by atoms with Gasteiger partial charge in [-0.25, -0.2) is 0 Å². The van der Waals surface area contributed by atoms with Crippen LogP contribution in [0.5, 0.6) is 11.5 Å². The fourth-order valence-corrected chi connectivity index (χ4v) is 1.94. The fraction of sp³-hybridized carbons (Fsp3) is 0.125. The molecule has 0 saturated heterocycles. The Morgan fingerprint density at radius 2 is 1.68 bits per heavy atom. The lowest BCUT2D eigenvalue weighted by atomic mass is 10.1. The summed E-state index contributed by atoms with van der Waals surface area (Å²) in [5.41, 5.74) is 0.393. The van der Waals surface area contributed by atoms with Crippen molar-refractivity contribution >= 4 is 17.6 Å². The zero-order valence-corrected chi connectivity index (χ0v) is 12.1. The fourth-order valence-electron chi connectivity index (χ4n) is 1.94. The van der Waals surface area contributed by atoms with Gasteiger partial charge in [-0.1, -0.05) is 18.2 Å². The third kappa shape index (κ3) is 3.17. The smallest absolute Gasteiger partial charge is 0.255 e. The van der Waals surface area contributed by atoms with Crippen LogP contribution in [0.1, 0.15) is 20.7 Å². The molecular weight excluding hydrogens is 286 g/mol. The van der Waals surface area contributed by atoms with Crippen molar-refractivity contribution in [3.05, 3.63) is 53.6 Å². The molecule has 114 valence electrons. The van der Waals surface area contributed by atoms with Crippen LogP contribution < -0.4 is 19.9 Å². The molecule has 2 aromatic rings. The number of carbonyl (C=O) groups is 2. The molecule has 0 unspecified atom stereocenters. The highest BCUT2D eigenvalue weighted by atomic mass is 16.5. The molecule has 1 N–H and O–H groups in total. The lowest BCUT2D eigenvalue weighted by Gasteiger charge is -2.13. The first-order chi connectivity index (χ1) is 10.6. The van der Waals surface area contributed by atoms with E-state index in [0.717, 1.165) is 0 Å². The van der Waals surface area contributed by atoms with E-state index in [9.17, 15) is 14.7 Å². The number of anilines is 1. The van der Waals surface area contributed by atoms with Gasteiger partial charge in [0.15, 0.2) is 11.5 Å². The van der Waals surface area contributed by atoms with Crippen LogP contribution >= 0.6 is 0 Å².